The molecule has 32 heavy (non-hydrogen) atoms. The fraction of sp³-hybridized carbons (Fsp3) is 0.409. The Morgan fingerprint density at radius 1 is 1.41 bits per heavy atom. The number of piperazine rings is 1. The molecule has 1 aromatic heterocycles. The van der Waals surface area contributed by atoms with Crippen LogP contribution in [0.5, 0.6) is 5.88 Å². The maximum Gasteiger partial charge on any atom is 0.417 e. The van der Waals surface area contributed by atoms with Gasteiger partial charge >= 0.3 is 12.2 Å². The van der Waals surface area contributed by atoms with E-state index in [1.54, 1.807) is 31.3 Å². The summed E-state index contributed by atoms with van der Waals surface area (Å²) in [6, 6.07) is 8.16. The highest BCUT2D eigenvalue weighted by Crippen LogP contribution is 2.37. The van der Waals surface area contributed by atoms with E-state index >= 15 is 0 Å². The van der Waals surface area contributed by atoms with Crippen molar-refractivity contribution in [2.24, 2.45) is 0 Å². The molecule has 0 bridgehead atoms. The number of hydrogen-bond acceptors (Lipinski definition) is 5. The van der Waals surface area contributed by atoms with Crippen molar-refractivity contribution in [3.8, 4) is 11.9 Å². The van der Waals surface area contributed by atoms with Crippen LogP contribution in [0.3, 0.4) is 0 Å². The Hall–Kier alpha value is -3.32. The summed E-state index contributed by atoms with van der Waals surface area (Å²) in [7, 11) is 1.50. The van der Waals surface area contributed by atoms with Crippen LogP contribution in [0.1, 0.15) is 36.1 Å². The highest BCUT2D eigenvalue weighted by Gasteiger charge is 2.43. The highest BCUT2D eigenvalue weighted by molar-refractivity contribution is 5.75. The van der Waals surface area contributed by atoms with E-state index in [1.165, 1.54) is 18.1 Å². The average molecular weight is 447 g/mol. The molecular weight excluding hydrogens is 423 g/mol. The van der Waals surface area contributed by atoms with Crippen molar-refractivity contribution in [3.05, 3.63) is 58.8 Å². The first-order valence-corrected chi connectivity index (χ1v) is 9.98. The van der Waals surface area contributed by atoms with E-state index in [9.17, 15) is 18.0 Å². The standard InChI is InChI=1S/C22H24F3N5O2/c1-14-12-30(20(31)28-11-15-4-7-19(32-3)27-10-15)21(2,13-29-14)17-6-5-16(9-26)18(8-17)22(23,24)25/h4-8,10,14,29H,11-13H2,1-3H3,(H,28,31). The SMILES string of the molecule is COc1ccc(CNC(=O)N2CC(C)NCC2(C)c2ccc(C#N)c(C(F)(F)F)c2)cn1. The molecule has 1 fully saturated rings. The minimum absolute atomic E-state index is 0.0445. The number of methoxy groups -OCH3 is 1. The second kappa shape index (κ2) is 9.04. The summed E-state index contributed by atoms with van der Waals surface area (Å²) in [5.74, 6) is 0.449. The molecule has 2 heterocycles. The molecule has 7 nitrogen and oxygen atoms in total. The Kier molecular flexibility index (Phi) is 6.60. The summed E-state index contributed by atoms with van der Waals surface area (Å²) in [6.45, 7) is 4.36. The van der Waals surface area contributed by atoms with Crippen LogP contribution >= 0.6 is 0 Å². The zero-order valence-corrected chi connectivity index (χ0v) is 18.0. The molecule has 2 atom stereocenters. The number of pyridine rings is 1. The van der Waals surface area contributed by atoms with Crippen molar-refractivity contribution >= 4 is 6.03 Å². The molecule has 0 radical (unpaired) electrons. The Morgan fingerprint density at radius 3 is 2.75 bits per heavy atom. The second-order valence-electron chi connectivity index (χ2n) is 7.90. The van der Waals surface area contributed by atoms with Crippen molar-refractivity contribution in [1.82, 2.24) is 20.5 Å². The van der Waals surface area contributed by atoms with E-state index in [0.29, 0.717) is 18.0 Å². The number of nitrogens with one attached hydrogen (secondary N) is 2. The third-order valence-corrected chi connectivity index (χ3v) is 5.61. The fourth-order valence-corrected chi connectivity index (χ4v) is 3.69. The monoisotopic (exact) mass is 447 g/mol. The van der Waals surface area contributed by atoms with Crippen molar-refractivity contribution in [3.63, 3.8) is 0 Å². The number of ether oxygens (including phenoxy) is 1. The third-order valence-electron chi connectivity index (χ3n) is 5.61. The number of amides is 2. The number of benzene rings is 1. The van der Waals surface area contributed by atoms with Crippen molar-refractivity contribution in [2.75, 3.05) is 20.2 Å². The summed E-state index contributed by atoms with van der Waals surface area (Å²) >= 11 is 0. The first-order chi connectivity index (χ1) is 15.1. The molecule has 1 aromatic carbocycles. The van der Waals surface area contributed by atoms with E-state index in [-0.39, 0.29) is 19.1 Å². The summed E-state index contributed by atoms with van der Waals surface area (Å²) in [6.07, 6.45) is -3.10. The lowest BCUT2D eigenvalue weighted by Crippen LogP contribution is -2.64. The number of nitrogens with zero attached hydrogens (tertiary/aromatic N) is 3. The van der Waals surface area contributed by atoms with Crippen LogP contribution in [-0.4, -0.2) is 42.2 Å². The summed E-state index contributed by atoms with van der Waals surface area (Å²) in [4.78, 5) is 18.7. The predicted molar refractivity (Wildman–Crippen MR) is 111 cm³/mol. The smallest absolute Gasteiger partial charge is 0.417 e. The first-order valence-electron chi connectivity index (χ1n) is 9.98. The van der Waals surface area contributed by atoms with Gasteiger partial charge in [-0.2, -0.15) is 18.4 Å². The average Bonchev–Trinajstić information content (AvgIpc) is 2.78. The molecule has 1 saturated heterocycles. The minimum atomic E-state index is -4.68. The zero-order chi connectivity index (χ0) is 23.5. The predicted octanol–water partition coefficient (Wildman–Crippen LogP) is 3.40. The van der Waals surface area contributed by atoms with Gasteiger partial charge in [0.1, 0.15) is 0 Å². The van der Waals surface area contributed by atoms with Crippen LogP contribution in [0.25, 0.3) is 0 Å². The first kappa shape index (κ1) is 23.3. The van der Waals surface area contributed by atoms with Crippen molar-refractivity contribution in [1.29, 1.82) is 5.26 Å². The Morgan fingerprint density at radius 2 is 2.16 bits per heavy atom. The molecule has 0 saturated carbocycles. The normalized spacial score (nSPS) is 21.0. The van der Waals surface area contributed by atoms with E-state index in [1.807, 2.05) is 6.92 Å². The van der Waals surface area contributed by atoms with Gasteiger partial charge in [-0.15, -0.1) is 0 Å². The third kappa shape index (κ3) is 4.78. The largest absolute Gasteiger partial charge is 0.481 e. The van der Waals surface area contributed by atoms with Gasteiger partial charge in [0.05, 0.1) is 29.8 Å². The van der Waals surface area contributed by atoms with Crippen molar-refractivity contribution in [2.45, 2.75) is 38.1 Å². The van der Waals surface area contributed by atoms with E-state index in [0.717, 1.165) is 17.7 Å². The van der Waals surface area contributed by atoms with E-state index in [4.69, 9.17) is 10.00 Å². The molecule has 0 aliphatic carbocycles. The molecule has 10 heteroatoms. The van der Waals surface area contributed by atoms with Gasteiger partial charge in [0.15, 0.2) is 0 Å². The number of rotatable bonds is 4. The highest BCUT2D eigenvalue weighted by atomic mass is 19.4. The summed E-state index contributed by atoms with van der Waals surface area (Å²) in [5.41, 5.74) is -1.47. The van der Waals surface area contributed by atoms with E-state index < -0.39 is 28.9 Å². The molecular formula is C22H24F3N5O2. The number of alkyl halides is 3. The maximum absolute atomic E-state index is 13.5. The fourth-order valence-electron chi connectivity index (χ4n) is 3.69. The molecule has 0 spiro atoms. The molecule has 2 unspecified atom stereocenters. The van der Waals surface area contributed by atoms with Crippen LogP contribution in [0.4, 0.5) is 18.0 Å². The Balaban J connectivity index is 1.88. The maximum atomic E-state index is 13.5. The van der Waals surface area contributed by atoms with Crippen molar-refractivity contribution < 1.29 is 22.7 Å². The lowest BCUT2D eigenvalue weighted by Gasteiger charge is -2.47. The number of halogens is 3. The molecule has 3 rings (SSSR count). The molecule has 2 aromatic rings. The number of urea groups is 1. The van der Waals surface area contributed by atoms with Gasteiger partial charge < -0.3 is 20.3 Å². The van der Waals surface area contributed by atoms with Crippen LogP contribution in [-0.2, 0) is 18.3 Å². The van der Waals surface area contributed by atoms with Gasteiger partial charge in [-0.3, -0.25) is 0 Å². The Labute approximate surface area is 184 Å². The number of nitriles is 1. The number of hydrogen-bond donors (Lipinski definition) is 2. The van der Waals surface area contributed by atoms with Gasteiger partial charge in [0.25, 0.3) is 0 Å². The van der Waals surface area contributed by atoms with E-state index in [2.05, 4.69) is 15.6 Å². The molecule has 2 N–H and O–H groups in total. The topological polar surface area (TPSA) is 90.3 Å². The quantitative estimate of drug-likeness (QED) is 0.750. The number of aromatic nitrogens is 1. The van der Waals surface area contributed by atoms with Gasteiger partial charge in [-0.05, 0) is 37.1 Å². The number of carbonyl (C=O) groups excluding carboxylic acids is 1. The van der Waals surface area contributed by atoms with Crippen LogP contribution < -0.4 is 15.4 Å². The summed E-state index contributed by atoms with van der Waals surface area (Å²) < 4.78 is 45.6. The molecule has 170 valence electrons. The minimum Gasteiger partial charge on any atom is -0.481 e. The summed E-state index contributed by atoms with van der Waals surface area (Å²) in [5, 5.41) is 15.1. The van der Waals surface area contributed by atoms with Crippen LogP contribution in [0.2, 0.25) is 0 Å². The van der Waals surface area contributed by atoms with Crippen LogP contribution in [0, 0.1) is 11.3 Å². The van der Waals surface area contributed by atoms with Gasteiger partial charge in [-0.25, -0.2) is 9.78 Å². The molecule has 2 amide bonds. The Bertz CT molecular complexity index is 1020. The second-order valence-corrected chi connectivity index (χ2v) is 7.90. The van der Waals surface area contributed by atoms with Gasteiger partial charge in [0.2, 0.25) is 5.88 Å². The van der Waals surface area contributed by atoms with Gasteiger partial charge in [0, 0.05) is 37.9 Å². The molecule has 1 aliphatic heterocycles. The lowest BCUT2D eigenvalue weighted by atomic mass is 9.85. The zero-order valence-electron chi connectivity index (χ0n) is 18.0. The number of carbonyl (C=O) groups is 1. The van der Waals surface area contributed by atoms with Gasteiger partial charge in [-0.1, -0.05) is 12.1 Å². The van der Waals surface area contributed by atoms with Crippen LogP contribution in [0.15, 0.2) is 36.5 Å². The lowest BCUT2D eigenvalue weighted by molar-refractivity contribution is -0.137. The molecule has 1 aliphatic rings.